The van der Waals surface area contributed by atoms with Crippen molar-refractivity contribution >= 4 is 11.5 Å². The smallest absolute Gasteiger partial charge is 0.307 e. The van der Waals surface area contributed by atoms with E-state index < -0.39 is 5.97 Å². The molecule has 0 radical (unpaired) electrons. The molecule has 0 saturated carbocycles. The third-order valence-electron chi connectivity index (χ3n) is 2.96. The summed E-state index contributed by atoms with van der Waals surface area (Å²) in [5.74, 6) is 0.0554. The molecule has 0 heterocycles. The minimum Gasteiger partial charge on any atom is -0.493 e. The molecular weight excluding hydrogens is 240 g/mol. The van der Waals surface area contributed by atoms with Gasteiger partial charge in [0, 0.05) is 5.56 Å². The van der Waals surface area contributed by atoms with Gasteiger partial charge >= 0.3 is 5.97 Å². The van der Waals surface area contributed by atoms with Crippen molar-refractivity contribution in [2.24, 2.45) is 0 Å². The van der Waals surface area contributed by atoms with Gasteiger partial charge in [-0.05, 0) is 50.0 Å². The van der Waals surface area contributed by atoms with E-state index >= 15 is 0 Å². The lowest BCUT2D eigenvalue weighted by molar-refractivity contribution is -0.135. The van der Waals surface area contributed by atoms with Crippen molar-refractivity contribution in [3.05, 3.63) is 34.9 Å². The summed E-state index contributed by atoms with van der Waals surface area (Å²) in [6.07, 6.45) is 2.61. The summed E-state index contributed by atoms with van der Waals surface area (Å²) in [5, 5.41) is 8.81. The molecule has 104 valence electrons. The number of hydrogen-bond acceptors (Lipinski definition) is 2. The predicted octanol–water partition coefficient (Wildman–Crippen LogP) is 3.97. The van der Waals surface area contributed by atoms with Crippen LogP contribution in [0, 0.1) is 13.8 Å². The topological polar surface area (TPSA) is 46.5 Å². The number of allylic oxidation sites excluding steroid dienone is 1. The van der Waals surface area contributed by atoms with Crippen LogP contribution in [0.2, 0.25) is 0 Å². The van der Waals surface area contributed by atoms with E-state index in [-0.39, 0.29) is 6.42 Å². The summed E-state index contributed by atoms with van der Waals surface area (Å²) in [4.78, 5) is 10.7. The summed E-state index contributed by atoms with van der Waals surface area (Å²) in [7, 11) is 0. The number of hydrogen-bond donors (Lipinski definition) is 1. The maximum atomic E-state index is 10.7. The Labute approximate surface area is 114 Å². The van der Waals surface area contributed by atoms with E-state index in [1.165, 1.54) is 0 Å². The first-order valence-corrected chi connectivity index (χ1v) is 6.64. The molecule has 1 N–H and O–H groups in total. The van der Waals surface area contributed by atoms with E-state index in [1.807, 2.05) is 27.7 Å². The molecule has 0 atom stereocenters. The Morgan fingerprint density at radius 1 is 1.32 bits per heavy atom. The van der Waals surface area contributed by atoms with E-state index in [0.29, 0.717) is 6.61 Å². The van der Waals surface area contributed by atoms with Gasteiger partial charge < -0.3 is 9.84 Å². The maximum absolute atomic E-state index is 10.7. The fraction of sp³-hybridized carbons (Fsp3) is 0.438. The van der Waals surface area contributed by atoms with Crippen LogP contribution in [-0.2, 0) is 4.79 Å². The number of ether oxygens (including phenoxy) is 1. The molecule has 1 aromatic rings. The van der Waals surface area contributed by atoms with Crippen LogP contribution in [0.5, 0.6) is 5.75 Å². The summed E-state index contributed by atoms with van der Waals surface area (Å²) < 4.78 is 5.72. The summed E-state index contributed by atoms with van der Waals surface area (Å²) in [5.41, 5.74) is 4.29. The van der Waals surface area contributed by atoms with Gasteiger partial charge in [-0.2, -0.15) is 0 Å². The molecule has 0 amide bonds. The Morgan fingerprint density at radius 3 is 2.53 bits per heavy atom. The van der Waals surface area contributed by atoms with Gasteiger partial charge in [-0.25, -0.2) is 0 Å². The van der Waals surface area contributed by atoms with E-state index in [4.69, 9.17) is 9.84 Å². The third kappa shape index (κ3) is 4.12. The second-order valence-corrected chi connectivity index (χ2v) is 4.57. The zero-order valence-electron chi connectivity index (χ0n) is 12.1. The minimum absolute atomic E-state index is 0.0434. The van der Waals surface area contributed by atoms with Crippen molar-refractivity contribution in [2.45, 2.75) is 40.5 Å². The Morgan fingerprint density at radius 2 is 2.00 bits per heavy atom. The Kier molecular flexibility index (Phi) is 5.61. The van der Waals surface area contributed by atoms with E-state index in [0.717, 1.165) is 34.4 Å². The highest BCUT2D eigenvalue weighted by Crippen LogP contribution is 2.33. The molecule has 0 spiro atoms. The fourth-order valence-corrected chi connectivity index (χ4v) is 2.18. The zero-order chi connectivity index (χ0) is 14.4. The summed E-state index contributed by atoms with van der Waals surface area (Å²) in [6, 6.07) is 4.15. The number of carbonyl (C=O) groups is 1. The Hall–Kier alpha value is -1.77. The molecule has 3 heteroatoms. The normalized spacial score (nSPS) is 11.5. The number of benzene rings is 1. The SMILES string of the molecule is CCOc1c(C)cc(C)cc1/C(=C/CC(=O)O)CC. The monoisotopic (exact) mass is 262 g/mol. The van der Waals surface area contributed by atoms with Gasteiger partial charge in [0.1, 0.15) is 5.75 Å². The molecule has 3 nitrogen and oxygen atoms in total. The van der Waals surface area contributed by atoms with Crippen LogP contribution < -0.4 is 4.74 Å². The van der Waals surface area contributed by atoms with Gasteiger partial charge in [-0.1, -0.05) is 19.1 Å². The minimum atomic E-state index is -0.812. The molecule has 0 unspecified atom stereocenters. The largest absolute Gasteiger partial charge is 0.493 e. The first-order chi connectivity index (χ1) is 8.99. The number of aliphatic carboxylic acids is 1. The summed E-state index contributed by atoms with van der Waals surface area (Å²) in [6.45, 7) is 8.65. The summed E-state index contributed by atoms with van der Waals surface area (Å²) >= 11 is 0. The molecule has 0 aromatic heterocycles. The number of aryl methyl sites for hydroxylation is 2. The number of carboxylic acids is 1. The Bertz CT molecular complexity index is 487. The predicted molar refractivity (Wildman–Crippen MR) is 77.6 cm³/mol. The quantitative estimate of drug-likeness (QED) is 0.843. The second-order valence-electron chi connectivity index (χ2n) is 4.57. The van der Waals surface area contributed by atoms with E-state index in [9.17, 15) is 4.79 Å². The Balaban J connectivity index is 3.28. The van der Waals surface area contributed by atoms with Gasteiger partial charge in [0.15, 0.2) is 0 Å². The van der Waals surface area contributed by atoms with Crippen LogP contribution in [-0.4, -0.2) is 17.7 Å². The van der Waals surface area contributed by atoms with Crippen LogP contribution in [0.1, 0.15) is 43.4 Å². The molecular formula is C16H22O3. The average molecular weight is 262 g/mol. The maximum Gasteiger partial charge on any atom is 0.307 e. The third-order valence-corrected chi connectivity index (χ3v) is 2.96. The lowest BCUT2D eigenvalue weighted by Gasteiger charge is -2.16. The molecule has 0 saturated heterocycles. The highest BCUT2D eigenvalue weighted by Gasteiger charge is 2.11. The lowest BCUT2D eigenvalue weighted by Crippen LogP contribution is -2.00. The number of rotatable bonds is 6. The van der Waals surface area contributed by atoms with Crippen LogP contribution in [0.15, 0.2) is 18.2 Å². The average Bonchev–Trinajstić information content (AvgIpc) is 2.33. The highest BCUT2D eigenvalue weighted by atomic mass is 16.5. The second kappa shape index (κ2) is 6.98. The number of carboxylic acid groups (broad SMARTS) is 1. The van der Waals surface area contributed by atoms with E-state index in [1.54, 1.807) is 6.08 Å². The molecule has 19 heavy (non-hydrogen) atoms. The standard InChI is InChI=1S/C16H22O3/c1-5-13(7-8-15(17)18)14-10-11(3)9-12(4)16(14)19-6-2/h7,9-10H,5-6,8H2,1-4H3,(H,17,18)/b13-7+. The van der Waals surface area contributed by atoms with Crippen molar-refractivity contribution in [3.63, 3.8) is 0 Å². The highest BCUT2D eigenvalue weighted by molar-refractivity contribution is 5.77. The van der Waals surface area contributed by atoms with Gasteiger partial charge in [-0.3, -0.25) is 4.79 Å². The van der Waals surface area contributed by atoms with Crippen molar-refractivity contribution < 1.29 is 14.6 Å². The van der Waals surface area contributed by atoms with Crippen molar-refractivity contribution in [3.8, 4) is 5.75 Å². The van der Waals surface area contributed by atoms with Crippen LogP contribution in [0.3, 0.4) is 0 Å². The first-order valence-electron chi connectivity index (χ1n) is 6.64. The van der Waals surface area contributed by atoms with Gasteiger partial charge in [0.25, 0.3) is 0 Å². The van der Waals surface area contributed by atoms with Gasteiger partial charge in [0.05, 0.1) is 13.0 Å². The molecule has 0 fully saturated rings. The molecule has 0 aliphatic heterocycles. The van der Waals surface area contributed by atoms with Crippen LogP contribution >= 0.6 is 0 Å². The van der Waals surface area contributed by atoms with Gasteiger partial charge in [-0.15, -0.1) is 0 Å². The molecule has 1 rings (SSSR count). The van der Waals surface area contributed by atoms with Crippen molar-refractivity contribution in [2.75, 3.05) is 6.61 Å². The molecule has 0 aliphatic rings. The first kappa shape index (κ1) is 15.3. The van der Waals surface area contributed by atoms with Crippen LogP contribution in [0.4, 0.5) is 0 Å². The lowest BCUT2D eigenvalue weighted by atomic mass is 9.96. The van der Waals surface area contributed by atoms with Gasteiger partial charge in [0.2, 0.25) is 0 Å². The zero-order valence-corrected chi connectivity index (χ0v) is 12.1. The van der Waals surface area contributed by atoms with Crippen molar-refractivity contribution in [1.82, 2.24) is 0 Å². The van der Waals surface area contributed by atoms with Crippen LogP contribution in [0.25, 0.3) is 5.57 Å². The van der Waals surface area contributed by atoms with Crippen molar-refractivity contribution in [1.29, 1.82) is 0 Å². The molecule has 0 aliphatic carbocycles. The molecule has 0 bridgehead atoms. The fourth-order valence-electron chi connectivity index (χ4n) is 2.18. The molecule has 1 aromatic carbocycles. The van der Waals surface area contributed by atoms with E-state index in [2.05, 4.69) is 12.1 Å².